The molecule has 1 atom stereocenters. The number of rotatable bonds is 4. The molecule has 23 heavy (non-hydrogen) atoms. The van der Waals surface area contributed by atoms with Crippen molar-refractivity contribution in [3.63, 3.8) is 0 Å². The minimum absolute atomic E-state index is 0.123. The van der Waals surface area contributed by atoms with Crippen LogP contribution in [0, 0.1) is 24.4 Å². The van der Waals surface area contributed by atoms with Gasteiger partial charge in [0.25, 0.3) is 0 Å². The first-order valence-electron chi connectivity index (χ1n) is 6.81. The van der Waals surface area contributed by atoms with Gasteiger partial charge in [-0.1, -0.05) is 24.3 Å². The van der Waals surface area contributed by atoms with Crippen LogP contribution in [0.1, 0.15) is 17.2 Å². The van der Waals surface area contributed by atoms with Crippen LogP contribution in [0.3, 0.4) is 0 Å². The summed E-state index contributed by atoms with van der Waals surface area (Å²) in [5, 5.41) is 14.4. The highest BCUT2D eigenvalue weighted by Gasteiger charge is 2.14. The van der Waals surface area contributed by atoms with Gasteiger partial charge in [0.1, 0.15) is 5.82 Å². The molecule has 3 N–H and O–H groups in total. The first kappa shape index (κ1) is 16.8. The quantitative estimate of drug-likeness (QED) is 0.756. The molecule has 0 radical (unpaired) electrons. The summed E-state index contributed by atoms with van der Waals surface area (Å²) in [4.78, 5) is 11.7. The molecule has 0 aliphatic rings. The number of carbonyl (C=O) groups is 1. The summed E-state index contributed by atoms with van der Waals surface area (Å²) in [5.41, 5.74) is 1.01. The van der Waals surface area contributed by atoms with Gasteiger partial charge in [-0.2, -0.15) is 0 Å². The fraction of sp³-hybridized carbons (Fsp3) is 0.188. The smallest absolute Gasteiger partial charge is 0.319 e. The Morgan fingerprint density at radius 3 is 2.48 bits per heavy atom. The Bertz CT molecular complexity index is 722. The largest absolute Gasteiger partial charge is 0.387 e. The maximum Gasteiger partial charge on any atom is 0.319 e. The van der Waals surface area contributed by atoms with Crippen molar-refractivity contribution in [1.82, 2.24) is 5.32 Å². The van der Waals surface area contributed by atoms with Crippen molar-refractivity contribution in [2.75, 3.05) is 11.9 Å². The molecule has 0 spiro atoms. The topological polar surface area (TPSA) is 61.4 Å². The maximum absolute atomic E-state index is 13.4. The second-order valence-corrected chi connectivity index (χ2v) is 4.95. The molecule has 0 aromatic heterocycles. The molecule has 0 bridgehead atoms. The van der Waals surface area contributed by atoms with E-state index in [0.29, 0.717) is 17.7 Å². The molecule has 0 aliphatic heterocycles. The molecule has 122 valence electrons. The van der Waals surface area contributed by atoms with Crippen molar-refractivity contribution >= 4 is 11.7 Å². The summed E-state index contributed by atoms with van der Waals surface area (Å²) in [5.74, 6) is -3.72. The minimum atomic E-state index is -1.34. The highest BCUT2D eigenvalue weighted by Crippen LogP contribution is 2.19. The van der Waals surface area contributed by atoms with E-state index in [1.807, 2.05) is 19.1 Å². The number of anilines is 1. The third kappa shape index (κ3) is 4.23. The lowest BCUT2D eigenvalue weighted by Gasteiger charge is -2.15. The molecule has 0 heterocycles. The molecule has 2 rings (SSSR count). The van der Waals surface area contributed by atoms with Crippen molar-refractivity contribution in [1.29, 1.82) is 0 Å². The number of nitrogens with one attached hydrogen (secondary N) is 2. The predicted octanol–water partition coefficient (Wildman–Crippen LogP) is 3.27. The molecule has 2 aromatic rings. The van der Waals surface area contributed by atoms with Gasteiger partial charge in [0.15, 0.2) is 11.6 Å². The molecule has 7 heteroatoms. The number of aliphatic hydroxyl groups excluding tert-OH is 1. The summed E-state index contributed by atoms with van der Waals surface area (Å²) >= 11 is 0. The number of aliphatic hydroxyl groups is 1. The van der Waals surface area contributed by atoms with Gasteiger partial charge in [-0.15, -0.1) is 0 Å². The molecule has 4 nitrogen and oxygen atoms in total. The van der Waals surface area contributed by atoms with Gasteiger partial charge in [0.2, 0.25) is 0 Å². The molecule has 2 amide bonds. The number of hydrogen-bond acceptors (Lipinski definition) is 2. The van der Waals surface area contributed by atoms with Crippen LogP contribution in [0.25, 0.3) is 0 Å². The first-order valence-corrected chi connectivity index (χ1v) is 6.81. The third-order valence-electron chi connectivity index (χ3n) is 3.26. The van der Waals surface area contributed by atoms with Crippen molar-refractivity contribution < 1.29 is 23.1 Å². The van der Waals surface area contributed by atoms with Gasteiger partial charge < -0.3 is 15.7 Å². The Morgan fingerprint density at radius 1 is 1.13 bits per heavy atom. The standard InChI is InChI=1S/C16H15F3N2O2/c1-9-4-2-3-5-10(9)15(22)8-20-16(23)21-14-7-12(18)11(17)6-13(14)19/h2-7,15,22H,8H2,1H3,(H2,20,21,23). The van der Waals surface area contributed by atoms with E-state index in [2.05, 4.69) is 10.6 Å². The van der Waals surface area contributed by atoms with E-state index in [9.17, 15) is 23.1 Å². The zero-order valence-corrected chi connectivity index (χ0v) is 12.2. The Balaban J connectivity index is 1.96. The van der Waals surface area contributed by atoms with E-state index in [1.165, 1.54) is 0 Å². The fourth-order valence-corrected chi connectivity index (χ4v) is 2.04. The van der Waals surface area contributed by atoms with Gasteiger partial charge in [0, 0.05) is 18.7 Å². The van der Waals surface area contributed by atoms with Gasteiger partial charge >= 0.3 is 6.03 Å². The second-order valence-electron chi connectivity index (χ2n) is 4.95. The van der Waals surface area contributed by atoms with Gasteiger partial charge in [0.05, 0.1) is 11.8 Å². The maximum atomic E-state index is 13.4. The summed E-state index contributed by atoms with van der Waals surface area (Å²) in [6.45, 7) is 1.69. The molecule has 0 saturated heterocycles. The highest BCUT2D eigenvalue weighted by molar-refractivity contribution is 5.89. The van der Waals surface area contributed by atoms with E-state index < -0.39 is 35.3 Å². The minimum Gasteiger partial charge on any atom is -0.387 e. The lowest BCUT2D eigenvalue weighted by atomic mass is 10.0. The van der Waals surface area contributed by atoms with E-state index in [4.69, 9.17) is 0 Å². The summed E-state index contributed by atoms with van der Waals surface area (Å²) in [7, 11) is 0. The zero-order chi connectivity index (χ0) is 17.0. The lowest BCUT2D eigenvalue weighted by Crippen LogP contribution is -2.32. The molecule has 0 fully saturated rings. The third-order valence-corrected chi connectivity index (χ3v) is 3.26. The van der Waals surface area contributed by atoms with Crippen LogP contribution in [-0.2, 0) is 0 Å². The highest BCUT2D eigenvalue weighted by atomic mass is 19.2. The Morgan fingerprint density at radius 2 is 1.78 bits per heavy atom. The molecular weight excluding hydrogens is 309 g/mol. The first-order chi connectivity index (χ1) is 10.9. The van der Waals surface area contributed by atoms with Crippen molar-refractivity contribution in [3.05, 3.63) is 65.0 Å². The molecule has 0 saturated carbocycles. The van der Waals surface area contributed by atoms with E-state index >= 15 is 0 Å². The molecule has 1 unspecified atom stereocenters. The average molecular weight is 324 g/mol. The van der Waals surface area contributed by atoms with Crippen molar-refractivity contribution in [2.45, 2.75) is 13.0 Å². The summed E-state index contributed by atoms with van der Waals surface area (Å²) in [6.07, 6.45) is -0.947. The second kappa shape index (κ2) is 7.15. The normalized spacial score (nSPS) is 11.9. The number of halogens is 3. The van der Waals surface area contributed by atoms with E-state index in [1.54, 1.807) is 12.1 Å². The number of hydrogen-bond donors (Lipinski definition) is 3. The average Bonchev–Trinajstić information content (AvgIpc) is 2.51. The monoisotopic (exact) mass is 324 g/mol. The van der Waals surface area contributed by atoms with Crippen LogP contribution in [-0.4, -0.2) is 17.7 Å². The Labute approximate surface area is 131 Å². The van der Waals surface area contributed by atoms with Crippen LogP contribution in [0.2, 0.25) is 0 Å². The van der Waals surface area contributed by atoms with Crippen LogP contribution >= 0.6 is 0 Å². The van der Waals surface area contributed by atoms with E-state index in [-0.39, 0.29) is 6.54 Å². The van der Waals surface area contributed by atoms with Gasteiger partial charge in [-0.05, 0) is 18.1 Å². The number of amides is 2. The van der Waals surface area contributed by atoms with Crippen LogP contribution < -0.4 is 10.6 Å². The van der Waals surface area contributed by atoms with Crippen LogP contribution in [0.15, 0.2) is 36.4 Å². The fourth-order valence-electron chi connectivity index (χ4n) is 2.04. The summed E-state index contributed by atoms with van der Waals surface area (Å²) < 4.78 is 39.2. The number of benzene rings is 2. The number of aryl methyl sites for hydroxylation is 1. The Kier molecular flexibility index (Phi) is 5.23. The molecule has 0 aliphatic carbocycles. The van der Waals surface area contributed by atoms with Crippen LogP contribution in [0.4, 0.5) is 23.7 Å². The lowest BCUT2D eigenvalue weighted by molar-refractivity contribution is 0.174. The predicted molar refractivity (Wildman–Crippen MR) is 79.5 cm³/mol. The van der Waals surface area contributed by atoms with Gasteiger partial charge in [-0.25, -0.2) is 18.0 Å². The van der Waals surface area contributed by atoms with Gasteiger partial charge in [-0.3, -0.25) is 0 Å². The molecule has 2 aromatic carbocycles. The van der Waals surface area contributed by atoms with Crippen LogP contribution in [0.5, 0.6) is 0 Å². The van der Waals surface area contributed by atoms with Crippen molar-refractivity contribution in [2.24, 2.45) is 0 Å². The number of urea groups is 1. The van der Waals surface area contributed by atoms with E-state index in [0.717, 1.165) is 5.56 Å². The molecular formula is C16H15F3N2O2. The number of carbonyl (C=O) groups excluding carboxylic acids is 1. The zero-order valence-electron chi connectivity index (χ0n) is 12.2. The Hall–Kier alpha value is -2.54. The SMILES string of the molecule is Cc1ccccc1C(O)CNC(=O)Nc1cc(F)c(F)cc1F. The summed E-state index contributed by atoms with van der Waals surface area (Å²) in [6, 6.07) is 7.14. The van der Waals surface area contributed by atoms with Crippen molar-refractivity contribution in [3.8, 4) is 0 Å².